The number of benzene rings is 3. The summed E-state index contributed by atoms with van der Waals surface area (Å²) in [7, 11) is 0. The number of amides is 2. The molecule has 3 aromatic carbocycles. The first-order valence-electron chi connectivity index (χ1n) is 9.00. The van der Waals surface area contributed by atoms with E-state index in [1.807, 2.05) is 49.4 Å². The van der Waals surface area contributed by atoms with Gasteiger partial charge >= 0.3 is 0 Å². The predicted octanol–water partition coefficient (Wildman–Crippen LogP) is 4.63. The zero-order valence-corrected chi connectivity index (χ0v) is 16.2. The Morgan fingerprint density at radius 1 is 0.929 bits per heavy atom. The number of aryl methyl sites for hydroxylation is 1. The maximum Gasteiger partial charge on any atom is 0.251 e. The molecule has 0 aliphatic rings. The second-order valence-corrected chi connectivity index (χ2v) is 6.97. The van der Waals surface area contributed by atoms with Crippen LogP contribution in [0.4, 0.5) is 5.69 Å². The Kier molecular flexibility index (Phi) is 6.45. The lowest BCUT2D eigenvalue weighted by Gasteiger charge is -2.19. The van der Waals surface area contributed by atoms with Crippen molar-refractivity contribution >= 4 is 29.1 Å². The Hall–Kier alpha value is -3.11. The highest BCUT2D eigenvalue weighted by atomic mass is 35.5. The van der Waals surface area contributed by atoms with Crippen LogP contribution in [0, 0.1) is 6.92 Å². The van der Waals surface area contributed by atoms with Crippen molar-refractivity contribution in [2.24, 2.45) is 0 Å². The van der Waals surface area contributed by atoms with Crippen LogP contribution >= 0.6 is 11.6 Å². The number of carbonyl (C=O) groups excluding carboxylic acids is 2. The summed E-state index contributed by atoms with van der Waals surface area (Å²) in [5.41, 5.74) is 2.99. The average molecular weight is 393 g/mol. The van der Waals surface area contributed by atoms with E-state index in [1.165, 1.54) is 0 Å². The second-order valence-electron chi connectivity index (χ2n) is 6.53. The largest absolute Gasteiger partial charge is 0.340 e. The van der Waals surface area contributed by atoms with E-state index < -0.39 is 6.04 Å². The topological polar surface area (TPSA) is 58.2 Å². The average Bonchev–Trinajstić information content (AvgIpc) is 2.71. The fraction of sp³-hybridized carbons (Fsp3) is 0.130. The number of rotatable bonds is 6. The summed E-state index contributed by atoms with van der Waals surface area (Å²) in [6.45, 7) is 1.89. The van der Waals surface area contributed by atoms with Crippen molar-refractivity contribution in [2.75, 3.05) is 5.32 Å². The van der Waals surface area contributed by atoms with E-state index in [2.05, 4.69) is 10.6 Å². The Bertz CT molecular complexity index is 959. The monoisotopic (exact) mass is 392 g/mol. The molecule has 3 aromatic rings. The lowest BCUT2D eigenvalue weighted by molar-refractivity contribution is -0.118. The summed E-state index contributed by atoms with van der Waals surface area (Å²) in [5, 5.41) is 6.28. The van der Waals surface area contributed by atoms with E-state index in [1.54, 1.807) is 36.4 Å². The highest BCUT2D eigenvalue weighted by Crippen LogP contribution is 2.20. The molecule has 0 spiro atoms. The lowest BCUT2D eigenvalue weighted by Crippen LogP contribution is -2.45. The van der Waals surface area contributed by atoms with E-state index in [-0.39, 0.29) is 11.8 Å². The van der Waals surface area contributed by atoms with Gasteiger partial charge in [0.15, 0.2) is 0 Å². The van der Waals surface area contributed by atoms with Gasteiger partial charge in [-0.3, -0.25) is 9.59 Å². The molecule has 0 fully saturated rings. The van der Waals surface area contributed by atoms with Crippen LogP contribution in [0.15, 0.2) is 78.9 Å². The predicted molar refractivity (Wildman–Crippen MR) is 113 cm³/mol. The number of halogens is 1. The van der Waals surface area contributed by atoms with Crippen LogP contribution in [0.1, 0.15) is 21.5 Å². The third kappa shape index (κ3) is 5.21. The molecule has 0 aliphatic carbocycles. The van der Waals surface area contributed by atoms with Gasteiger partial charge in [0, 0.05) is 22.7 Å². The van der Waals surface area contributed by atoms with Crippen LogP contribution in [0.25, 0.3) is 0 Å². The quantitative estimate of drug-likeness (QED) is 0.642. The summed E-state index contributed by atoms with van der Waals surface area (Å²) >= 11 is 6.05. The molecule has 0 radical (unpaired) electrons. The van der Waals surface area contributed by atoms with Crippen molar-refractivity contribution in [2.45, 2.75) is 19.4 Å². The van der Waals surface area contributed by atoms with Crippen LogP contribution in [0.5, 0.6) is 0 Å². The molecule has 1 atom stereocenters. The van der Waals surface area contributed by atoms with E-state index in [0.29, 0.717) is 22.7 Å². The molecule has 0 saturated heterocycles. The number of nitrogens with one attached hydrogen (secondary N) is 2. The molecule has 5 heteroatoms. The minimum absolute atomic E-state index is 0.292. The Morgan fingerprint density at radius 2 is 1.57 bits per heavy atom. The van der Waals surface area contributed by atoms with Crippen LogP contribution in [0.2, 0.25) is 5.02 Å². The van der Waals surface area contributed by atoms with Crippen LogP contribution in [-0.2, 0) is 11.2 Å². The zero-order chi connectivity index (χ0) is 19.9. The molecule has 2 amide bonds. The Balaban J connectivity index is 1.81. The molecule has 0 unspecified atom stereocenters. The number of anilines is 1. The first-order chi connectivity index (χ1) is 13.5. The summed E-state index contributed by atoms with van der Waals surface area (Å²) in [6.07, 6.45) is 0.380. The fourth-order valence-electron chi connectivity index (χ4n) is 2.84. The van der Waals surface area contributed by atoms with Crippen molar-refractivity contribution < 1.29 is 9.59 Å². The van der Waals surface area contributed by atoms with Gasteiger partial charge in [-0.1, -0.05) is 66.2 Å². The maximum atomic E-state index is 13.0. The van der Waals surface area contributed by atoms with Gasteiger partial charge in [0.05, 0.1) is 0 Å². The summed E-state index contributed by atoms with van der Waals surface area (Å²) in [4.78, 5) is 25.6. The number of carbonyl (C=O) groups is 2. The van der Waals surface area contributed by atoms with Crippen LogP contribution in [0.3, 0.4) is 0 Å². The first-order valence-corrected chi connectivity index (χ1v) is 9.37. The van der Waals surface area contributed by atoms with E-state index in [9.17, 15) is 9.59 Å². The summed E-state index contributed by atoms with van der Waals surface area (Å²) < 4.78 is 0. The van der Waals surface area contributed by atoms with E-state index in [0.717, 1.165) is 11.1 Å². The van der Waals surface area contributed by atoms with Crippen molar-refractivity contribution in [3.8, 4) is 0 Å². The summed E-state index contributed by atoms with van der Waals surface area (Å²) in [5.74, 6) is -0.585. The normalized spacial score (nSPS) is 11.5. The molecule has 3 rings (SSSR count). The molecule has 0 bridgehead atoms. The highest BCUT2D eigenvalue weighted by Gasteiger charge is 2.22. The molecule has 0 aliphatic heterocycles. The van der Waals surface area contributed by atoms with Crippen molar-refractivity contribution in [1.29, 1.82) is 0 Å². The van der Waals surface area contributed by atoms with Gasteiger partial charge in [0.25, 0.3) is 5.91 Å². The molecular formula is C23H21ClN2O2. The molecule has 4 nitrogen and oxygen atoms in total. The minimum Gasteiger partial charge on any atom is -0.340 e. The third-order valence-corrected chi connectivity index (χ3v) is 4.63. The number of hydrogen-bond donors (Lipinski definition) is 2. The Morgan fingerprint density at radius 3 is 2.25 bits per heavy atom. The highest BCUT2D eigenvalue weighted by molar-refractivity contribution is 6.31. The smallest absolute Gasteiger partial charge is 0.251 e. The molecule has 0 aromatic heterocycles. The van der Waals surface area contributed by atoms with Crippen molar-refractivity contribution in [3.05, 3.63) is 101 Å². The van der Waals surface area contributed by atoms with Gasteiger partial charge in [-0.25, -0.2) is 0 Å². The number of hydrogen-bond acceptors (Lipinski definition) is 2. The molecule has 0 heterocycles. The van der Waals surface area contributed by atoms with Gasteiger partial charge in [-0.15, -0.1) is 0 Å². The standard InChI is InChI=1S/C23H21ClN2O2/c1-16-12-13-19(24)15-20(16)25-23(28)21(14-17-8-4-2-5-9-17)26-22(27)18-10-6-3-7-11-18/h2-13,15,21H,14H2,1H3,(H,25,28)(H,26,27)/t21-/m1/s1. The lowest BCUT2D eigenvalue weighted by atomic mass is 10.0. The van der Waals surface area contributed by atoms with E-state index >= 15 is 0 Å². The molecule has 142 valence electrons. The van der Waals surface area contributed by atoms with Crippen LogP contribution < -0.4 is 10.6 Å². The minimum atomic E-state index is -0.728. The van der Waals surface area contributed by atoms with Gasteiger partial charge in [0.1, 0.15) is 6.04 Å². The first kappa shape index (κ1) is 19.6. The van der Waals surface area contributed by atoms with Gasteiger partial charge in [-0.05, 0) is 42.3 Å². The van der Waals surface area contributed by atoms with Crippen molar-refractivity contribution in [1.82, 2.24) is 5.32 Å². The SMILES string of the molecule is Cc1ccc(Cl)cc1NC(=O)[C@@H](Cc1ccccc1)NC(=O)c1ccccc1. The zero-order valence-electron chi connectivity index (χ0n) is 15.5. The second kappa shape index (κ2) is 9.20. The van der Waals surface area contributed by atoms with Gasteiger partial charge in [-0.2, -0.15) is 0 Å². The maximum absolute atomic E-state index is 13.0. The fourth-order valence-corrected chi connectivity index (χ4v) is 3.01. The molecule has 28 heavy (non-hydrogen) atoms. The van der Waals surface area contributed by atoms with Crippen molar-refractivity contribution in [3.63, 3.8) is 0 Å². The Labute approximate surface area is 169 Å². The summed E-state index contributed by atoms with van der Waals surface area (Å²) in [6, 6.07) is 23.0. The van der Waals surface area contributed by atoms with Gasteiger partial charge in [0.2, 0.25) is 5.91 Å². The molecule has 2 N–H and O–H groups in total. The molecule has 0 saturated carbocycles. The van der Waals surface area contributed by atoms with E-state index in [4.69, 9.17) is 11.6 Å². The third-order valence-electron chi connectivity index (χ3n) is 4.40. The van der Waals surface area contributed by atoms with Gasteiger partial charge < -0.3 is 10.6 Å². The van der Waals surface area contributed by atoms with Crippen LogP contribution in [-0.4, -0.2) is 17.9 Å². The molecular weight excluding hydrogens is 372 g/mol.